The fourth-order valence-electron chi connectivity index (χ4n) is 2.57. The number of benzene rings is 1. The molecule has 1 unspecified atom stereocenters. The van der Waals surface area contributed by atoms with Crippen LogP contribution in [0, 0.1) is 12.7 Å². The second-order valence-corrected chi connectivity index (χ2v) is 5.60. The molecule has 25 heavy (non-hydrogen) atoms. The standard InChI is InChI=1S/C17H15F3N4O/c1-8(11-4-3-5-12(14(11)18)15(19)20)22-17-13-6-10(25)7-21-16(13)23-9(2)24-17/h3-8,15,25H,1-2H3,(H,21,22,23,24). The van der Waals surface area contributed by atoms with Crippen molar-refractivity contribution in [3.05, 3.63) is 53.2 Å². The highest BCUT2D eigenvalue weighted by Gasteiger charge is 2.20. The Kier molecular flexibility index (Phi) is 4.43. The van der Waals surface area contributed by atoms with E-state index in [0.717, 1.165) is 6.07 Å². The highest BCUT2D eigenvalue weighted by atomic mass is 19.3. The average molecular weight is 348 g/mol. The van der Waals surface area contributed by atoms with E-state index >= 15 is 0 Å². The second kappa shape index (κ2) is 6.54. The third-order valence-electron chi connectivity index (χ3n) is 3.76. The van der Waals surface area contributed by atoms with E-state index in [9.17, 15) is 18.3 Å². The molecule has 0 radical (unpaired) electrons. The predicted molar refractivity (Wildman–Crippen MR) is 87.1 cm³/mol. The quantitative estimate of drug-likeness (QED) is 0.736. The van der Waals surface area contributed by atoms with Crippen LogP contribution < -0.4 is 5.32 Å². The number of hydrogen-bond donors (Lipinski definition) is 2. The minimum Gasteiger partial charge on any atom is -0.506 e. The molecule has 5 nitrogen and oxygen atoms in total. The van der Waals surface area contributed by atoms with E-state index in [0.29, 0.717) is 22.7 Å². The number of hydrogen-bond acceptors (Lipinski definition) is 5. The fraction of sp³-hybridized carbons (Fsp3) is 0.235. The number of halogens is 3. The zero-order valence-corrected chi connectivity index (χ0v) is 13.5. The number of pyridine rings is 1. The molecule has 1 aromatic carbocycles. The molecule has 2 heterocycles. The Bertz CT molecular complexity index is 933. The SMILES string of the molecule is Cc1nc(NC(C)c2cccc(C(F)F)c2F)c2cc(O)cnc2n1. The third-order valence-corrected chi connectivity index (χ3v) is 3.76. The molecule has 0 bridgehead atoms. The summed E-state index contributed by atoms with van der Waals surface area (Å²) in [5.74, 6) is -0.252. The molecule has 0 aliphatic heterocycles. The first-order chi connectivity index (χ1) is 11.9. The Morgan fingerprint density at radius 1 is 1.16 bits per heavy atom. The first-order valence-corrected chi connectivity index (χ1v) is 7.53. The molecule has 0 saturated heterocycles. The van der Waals surface area contributed by atoms with Crippen molar-refractivity contribution in [1.29, 1.82) is 0 Å². The van der Waals surface area contributed by atoms with E-state index in [1.54, 1.807) is 13.8 Å². The van der Waals surface area contributed by atoms with Crippen molar-refractivity contribution in [2.24, 2.45) is 0 Å². The van der Waals surface area contributed by atoms with E-state index < -0.39 is 23.8 Å². The van der Waals surface area contributed by atoms with E-state index in [4.69, 9.17) is 0 Å². The monoisotopic (exact) mass is 348 g/mol. The van der Waals surface area contributed by atoms with Gasteiger partial charge in [0, 0.05) is 5.56 Å². The van der Waals surface area contributed by atoms with E-state index in [-0.39, 0.29) is 11.3 Å². The lowest BCUT2D eigenvalue weighted by Gasteiger charge is -2.18. The summed E-state index contributed by atoms with van der Waals surface area (Å²) < 4.78 is 40.1. The maximum atomic E-state index is 14.3. The third kappa shape index (κ3) is 3.33. The van der Waals surface area contributed by atoms with Gasteiger partial charge in [-0.1, -0.05) is 18.2 Å². The molecule has 2 N–H and O–H groups in total. The molecule has 2 aromatic heterocycles. The van der Waals surface area contributed by atoms with Crippen LogP contribution in [0.2, 0.25) is 0 Å². The molecule has 130 valence electrons. The highest BCUT2D eigenvalue weighted by molar-refractivity contribution is 5.87. The van der Waals surface area contributed by atoms with E-state index in [1.165, 1.54) is 24.4 Å². The Morgan fingerprint density at radius 2 is 1.88 bits per heavy atom. The number of rotatable bonds is 4. The number of nitrogens with one attached hydrogen (secondary N) is 1. The normalized spacial score (nSPS) is 12.6. The summed E-state index contributed by atoms with van der Waals surface area (Å²) in [6, 6.07) is 4.67. The molecule has 0 saturated carbocycles. The lowest BCUT2D eigenvalue weighted by Crippen LogP contribution is -2.12. The number of fused-ring (bicyclic) bond motifs is 1. The first-order valence-electron chi connectivity index (χ1n) is 7.53. The van der Waals surface area contributed by atoms with Crippen molar-refractivity contribution < 1.29 is 18.3 Å². The van der Waals surface area contributed by atoms with Crippen LogP contribution in [0.3, 0.4) is 0 Å². The molecule has 0 amide bonds. The van der Waals surface area contributed by atoms with Crippen molar-refractivity contribution in [2.45, 2.75) is 26.3 Å². The summed E-state index contributed by atoms with van der Waals surface area (Å²) in [5.41, 5.74) is -0.189. The second-order valence-electron chi connectivity index (χ2n) is 5.60. The molecule has 3 rings (SSSR count). The van der Waals surface area contributed by atoms with E-state index in [2.05, 4.69) is 20.3 Å². The molecular weight excluding hydrogens is 333 g/mol. The van der Waals surface area contributed by atoms with Crippen molar-refractivity contribution in [2.75, 3.05) is 5.32 Å². The highest BCUT2D eigenvalue weighted by Crippen LogP contribution is 2.30. The maximum Gasteiger partial charge on any atom is 0.266 e. The van der Waals surface area contributed by atoms with Crippen LogP contribution >= 0.6 is 0 Å². The van der Waals surface area contributed by atoms with Crippen LogP contribution in [0.25, 0.3) is 11.0 Å². The van der Waals surface area contributed by atoms with Crippen molar-refractivity contribution >= 4 is 16.9 Å². The minimum absolute atomic E-state index is 0.0680. The van der Waals surface area contributed by atoms with Gasteiger partial charge in [0.2, 0.25) is 0 Å². The number of anilines is 1. The molecule has 1 atom stereocenters. The number of aromatic nitrogens is 3. The Balaban J connectivity index is 2.02. The average Bonchev–Trinajstić information content (AvgIpc) is 2.55. The van der Waals surface area contributed by atoms with Crippen LogP contribution in [0.1, 0.15) is 36.3 Å². The van der Waals surface area contributed by atoms with Crippen LogP contribution in [0.15, 0.2) is 30.5 Å². The zero-order valence-electron chi connectivity index (χ0n) is 13.5. The Labute approximate surface area is 141 Å². The summed E-state index contributed by atoms with van der Waals surface area (Å²) in [5, 5.41) is 13.1. The lowest BCUT2D eigenvalue weighted by molar-refractivity contribution is 0.146. The number of nitrogens with zero attached hydrogens (tertiary/aromatic N) is 3. The molecule has 0 fully saturated rings. The van der Waals surface area contributed by atoms with Gasteiger partial charge in [-0.2, -0.15) is 0 Å². The summed E-state index contributed by atoms with van der Waals surface area (Å²) in [4.78, 5) is 12.4. The van der Waals surface area contributed by atoms with Gasteiger partial charge in [0.15, 0.2) is 5.65 Å². The van der Waals surface area contributed by atoms with Gasteiger partial charge in [-0.3, -0.25) is 0 Å². The van der Waals surface area contributed by atoms with Crippen LogP contribution in [-0.2, 0) is 0 Å². The van der Waals surface area contributed by atoms with Crippen molar-refractivity contribution in [1.82, 2.24) is 15.0 Å². The number of aromatic hydroxyl groups is 1. The maximum absolute atomic E-state index is 14.3. The first kappa shape index (κ1) is 16.9. The topological polar surface area (TPSA) is 70.9 Å². The largest absolute Gasteiger partial charge is 0.506 e. The summed E-state index contributed by atoms with van der Waals surface area (Å²) in [6.45, 7) is 3.30. The Morgan fingerprint density at radius 3 is 2.60 bits per heavy atom. The van der Waals surface area contributed by atoms with Gasteiger partial charge in [0.05, 0.1) is 23.2 Å². The predicted octanol–water partition coefficient (Wildman–Crippen LogP) is 4.29. The van der Waals surface area contributed by atoms with Gasteiger partial charge in [-0.05, 0) is 19.9 Å². The van der Waals surface area contributed by atoms with E-state index in [1.807, 2.05) is 0 Å². The van der Waals surface area contributed by atoms with Crippen LogP contribution in [0.4, 0.5) is 19.0 Å². The molecule has 8 heteroatoms. The van der Waals surface area contributed by atoms with Gasteiger partial charge in [0.1, 0.15) is 23.2 Å². The lowest BCUT2D eigenvalue weighted by atomic mass is 10.0. The zero-order chi connectivity index (χ0) is 18.1. The van der Waals surface area contributed by atoms with Gasteiger partial charge >= 0.3 is 0 Å². The molecular formula is C17H15F3N4O. The number of alkyl halides is 2. The molecule has 0 spiro atoms. The van der Waals surface area contributed by atoms with Gasteiger partial charge in [-0.25, -0.2) is 28.1 Å². The van der Waals surface area contributed by atoms with Crippen molar-refractivity contribution in [3.8, 4) is 5.75 Å². The van der Waals surface area contributed by atoms with Crippen LogP contribution in [0.5, 0.6) is 5.75 Å². The van der Waals surface area contributed by atoms with Crippen LogP contribution in [-0.4, -0.2) is 20.1 Å². The molecule has 0 aliphatic carbocycles. The molecule has 3 aromatic rings. The molecule has 0 aliphatic rings. The van der Waals surface area contributed by atoms with Gasteiger partial charge < -0.3 is 10.4 Å². The van der Waals surface area contributed by atoms with Gasteiger partial charge in [0.25, 0.3) is 6.43 Å². The summed E-state index contributed by atoms with van der Waals surface area (Å²) >= 11 is 0. The fourth-order valence-corrected chi connectivity index (χ4v) is 2.57. The smallest absolute Gasteiger partial charge is 0.266 e. The minimum atomic E-state index is -2.89. The van der Waals surface area contributed by atoms with Gasteiger partial charge in [-0.15, -0.1) is 0 Å². The number of aryl methyl sites for hydroxylation is 1. The Hall–Kier alpha value is -2.90. The van der Waals surface area contributed by atoms with Crippen molar-refractivity contribution in [3.63, 3.8) is 0 Å². The summed E-state index contributed by atoms with van der Waals surface area (Å²) in [6.07, 6.45) is -1.64. The summed E-state index contributed by atoms with van der Waals surface area (Å²) in [7, 11) is 0.